The van der Waals surface area contributed by atoms with Crippen LogP contribution in [0.25, 0.3) is 21.7 Å². The van der Waals surface area contributed by atoms with E-state index in [0.29, 0.717) is 24.4 Å². The van der Waals surface area contributed by atoms with E-state index in [4.69, 9.17) is 0 Å². The first-order valence-electron chi connectivity index (χ1n) is 12.3. The third-order valence-electron chi connectivity index (χ3n) is 6.58. The lowest BCUT2D eigenvalue weighted by atomic mass is 10.1. The highest BCUT2D eigenvalue weighted by Crippen LogP contribution is 2.30. The fourth-order valence-corrected chi connectivity index (χ4v) is 5.34. The van der Waals surface area contributed by atoms with Crippen molar-refractivity contribution in [3.05, 3.63) is 108 Å². The van der Waals surface area contributed by atoms with Gasteiger partial charge in [0.15, 0.2) is 0 Å². The molecule has 0 aliphatic rings. The van der Waals surface area contributed by atoms with E-state index in [-0.39, 0.29) is 11.8 Å². The first-order valence-corrected chi connectivity index (χ1v) is 13.3. The third kappa shape index (κ3) is 5.54. The van der Waals surface area contributed by atoms with Gasteiger partial charge in [0.25, 0.3) is 5.91 Å². The quantitative estimate of drug-likeness (QED) is 0.234. The fraction of sp³-hybridized carbons (Fsp3) is 0.161. The number of para-hydroxylation sites is 1. The van der Waals surface area contributed by atoms with Crippen molar-refractivity contribution in [3.63, 3.8) is 0 Å². The van der Waals surface area contributed by atoms with Crippen LogP contribution in [0.5, 0.6) is 0 Å². The fourth-order valence-electron chi connectivity index (χ4n) is 4.45. The van der Waals surface area contributed by atoms with Gasteiger partial charge in [-0.1, -0.05) is 60.7 Å². The summed E-state index contributed by atoms with van der Waals surface area (Å²) in [5, 5.41) is 9.33. The molecule has 0 atom stereocenters. The van der Waals surface area contributed by atoms with E-state index in [2.05, 4.69) is 33.5 Å². The second-order valence-corrected chi connectivity index (χ2v) is 10.1. The van der Waals surface area contributed by atoms with Crippen molar-refractivity contribution < 1.29 is 9.59 Å². The molecule has 4 aromatic carbocycles. The first-order chi connectivity index (χ1) is 18.0. The second-order valence-electron chi connectivity index (χ2n) is 9.12. The Bertz CT molecular complexity index is 1600. The van der Waals surface area contributed by atoms with E-state index in [1.54, 1.807) is 0 Å². The van der Waals surface area contributed by atoms with Crippen LogP contribution in [0.15, 0.2) is 96.0 Å². The molecular formula is C31H29N3O2S. The van der Waals surface area contributed by atoms with Gasteiger partial charge in [-0.25, -0.2) is 0 Å². The number of hydrogen-bond donors (Lipinski definition) is 2. The van der Waals surface area contributed by atoms with E-state index in [0.717, 1.165) is 37.8 Å². The minimum absolute atomic E-state index is 0.0427. The van der Waals surface area contributed by atoms with Crippen LogP contribution >= 0.6 is 11.8 Å². The Kier molecular flexibility index (Phi) is 7.28. The number of hydrogen-bond acceptors (Lipinski definition) is 3. The molecule has 0 spiro atoms. The summed E-state index contributed by atoms with van der Waals surface area (Å²) in [7, 11) is 0. The highest BCUT2D eigenvalue weighted by Gasteiger charge is 2.13. The van der Waals surface area contributed by atoms with Crippen molar-refractivity contribution >= 4 is 50.9 Å². The van der Waals surface area contributed by atoms with Crippen molar-refractivity contribution in [1.82, 2.24) is 9.88 Å². The smallest absolute Gasteiger partial charge is 0.251 e. The SMILES string of the molecule is Cc1ccc(C(=O)NCCn2cc(SCC(=O)Nc3cccc4ccccc34)c3ccccc32)cc1C. The van der Waals surface area contributed by atoms with E-state index in [9.17, 15) is 9.59 Å². The Morgan fingerprint density at radius 3 is 2.43 bits per heavy atom. The first kappa shape index (κ1) is 24.7. The van der Waals surface area contributed by atoms with E-state index < -0.39 is 0 Å². The molecule has 2 N–H and O–H groups in total. The highest BCUT2D eigenvalue weighted by molar-refractivity contribution is 8.00. The number of benzene rings is 4. The maximum absolute atomic E-state index is 12.8. The van der Waals surface area contributed by atoms with Crippen molar-refractivity contribution in [2.24, 2.45) is 0 Å². The molecule has 5 rings (SSSR count). The van der Waals surface area contributed by atoms with Crippen LogP contribution in [0.4, 0.5) is 5.69 Å². The van der Waals surface area contributed by atoms with Crippen LogP contribution in [-0.4, -0.2) is 28.7 Å². The van der Waals surface area contributed by atoms with Gasteiger partial charge < -0.3 is 15.2 Å². The summed E-state index contributed by atoms with van der Waals surface area (Å²) in [6.45, 7) is 5.20. The zero-order valence-corrected chi connectivity index (χ0v) is 21.8. The van der Waals surface area contributed by atoms with E-state index in [1.807, 2.05) is 86.6 Å². The van der Waals surface area contributed by atoms with Crippen molar-refractivity contribution in [2.75, 3.05) is 17.6 Å². The predicted molar refractivity (Wildman–Crippen MR) is 153 cm³/mol. The molecule has 0 bridgehead atoms. The summed E-state index contributed by atoms with van der Waals surface area (Å²) >= 11 is 1.52. The van der Waals surface area contributed by atoms with Crippen molar-refractivity contribution in [2.45, 2.75) is 25.3 Å². The number of rotatable bonds is 8. The molecule has 1 aromatic heterocycles. The molecular weight excluding hydrogens is 478 g/mol. The highest BCUT2D eigenvalue weighted by atomic mass is 32.2. The lowest BCUT2D eigenvalue weighted by Crippen LogP contribution is -2.27. The summed E-state index contributed by atoms with van der Waals surface area (Å²) in [6, 6.07) is 27.9. The maximum atomic E-state index is 12.8. The maximum Gasteiger partial charge on any atom is 0.251 e. The van der Waals surface area contributed by atoms with Gasteiger partial charge in [0.1, 0.15) is 0 Å². The van der Waals surface area contributed by atoms with Crippen LogP contribution in [-0.2, 0) is 11.3 Å². The van der Waals surface area contributed by atoms with Gasteiger partial charge in [0.2, 0.25) is 5.91 Å². The molecule has 0 saturated heterocycles. The van der Waals surface area contributed by atoms with E-state index >= 15 is 0 Å². The van der Waals surface area contributed by atoms with Gasteiger partial charge in [0.05, 0.1) is 5.75 Å². The number of thioether (sulfide) groups is 1. The Morgan fingerprint density at radius 2 is 1.59 bits per heavy atom. The Balaban J connectivity index is 1.23. The Morgan fingerprint density at radius 1 is 0.838 bits per heavy atom. The number of nitrogens with one attached hydrogen (secondary N) is 2. The summed E-state index contributed by atoms with van der Waals surface area (Å²) < 4.78 is 2.14. The monoisotopic (exact) mass is 507 g/mol. The number of aryl methyl sites for hydroxylation is 2. The van der Waals surface area contributed by atoms with Crippen LogP contribution in [0.2, 0.25) is 0 Å². The van der Waals surface area contributed by atoms with Gasteiger partial charge >= 0.3 is 0 Å². The molecule has 5 nitrogen and oxygen atoms in total. The Hall–Kier alpha value is -4.03. The van der Waals surface area contributed by atoms with E-state index in [1.165, 1.54) is 17.3 Å². The molecule has 0 aliphatic heterocycles. The summed E-state index contributed by atoms with van der Waals surface area (Å²) in [4.78, 5) is 26.5. The average molecular weight is 508 g/mol. The summed E-state index contributed by atoms with van der Waals surface area (Å²) in [6.07, 6.45) is 2.07. The van der Waals surface area contributed by atoms with Crippen LogP contribution in [0.3, 0.4) is 0 Å². The molecule has 0 fully saturated rings. The van der Waals surface area contributed by atoms with Crippen LogP contribution in [0, 0.1) is 13.8 Å². The van der Waals surface area contributed by atoms with Crippen molar-refractivity contribution in [3.8, 4) is 0 Å². The molecule has 0 aliphatic carbocycles. The van der Waals surface area contributed by atoms with Gasteiger partial charge in [-0.3, -0.25) is 9.59 Å². The number of carbonyl (C=O) groups excluding carboxylic acids is 2. The molecule has 1 heterocycles. The minimum atomic E-state index is -0.0701. The molecule has 37 heavy (non-hydrogen) atoms. The summed E-state index contributed by atoms with van der Waals surface area (Å²) in [5.74, 6) is 0.193. The predicted octanol–water partition coefficient (Wildman–Crippen LogP) is 6.57. The number of aromatic nitrogens is 1. The molecule has 6 heteroatoms. The average Bonchev–Trinajstić information content (AvgIpc) is 3.27. The Labute approximate surface area is 220 Å². The van der Waals surface area contributed by atoms with Crippen LogP contribution < -0.4 is 10.6 Å². The topological polar surface area (TPSA) is 63.1 Å². The lowest BCUT2D eigenvalue weighted by Gasteiger charge is -2.09. The van der Waals surface area contributed by atoms with Gasteiger partial charge in [0, 0.05) is 51.7 Å². The lowest BCUT2D eigenvalue weighted by molar-refractivity contribution is -0.113. The molecule has 0 saturated carbocycles. The number of carbonyl (C=O) groups is 2. The van der Waals surface area contributed by atoms with Gasteiger partial charge in [-0.2, -0.15) is 0 Å². The second kappa shape index (κ2) is 10.9. The zero-order chi connectivity index (χ0) is 25.8. The third-order valence-corrected chi connectivity index (χ3v) is 7.62. The zero-order valence-electron chi connectivity index (χ0n) is 21.0. The molecule has 5 aromatic rings. The molecule has 2 amide bonds. The van der Waals surface area contributed by atoms with Crippen LogP contribution in [0.1, 0.15) is 21.5 Å². The minimum Gasteiger partial charge on any atom is -0.350 e. The molecule has 0 unspecified atom stereocenters. The number of fused-ring (bicyclic) bond motifs is 2. The summed E-state index contributed by atoms with van der Waals surface area (Å²) in [5.41, 5.74) is 4.86. The standard InChI is InChI=1S/C31H29N3O2S/c1-21-14-15-24(18-22(21)2)31(36)32-16-17-34-19-29(26-11-5-6-13-28(26)34)37-20-30(35)33-27-12-7-9-23-8-3-4-10-25(23)27/h3-15,18-19H,16-17,20H2,1-2H3,(H,32,36)(H,33,35). The molecule has 0 radical (unpaired) electrons. The number of amides is 2. The largest absolute Gasteiger partial charge is 0.350 e. The van der Waals surface area contributed by atoms with Gasteiger partial charge in [-0.15, -0.1) is 11.8 Å². The number of anilines is 1. The van der Waals surface area contributed by atoms with Crippen molar-refractivity contribution in [1.29, 1.82) is 0 Å². The van der Waals surface area contributed by atoms with Gasteiger partial charge in [-0.05, 0) is 54.6 Å². The molecule has 186 valence electrons. The normalized spacial score (nSPS) is 11.1. The number of nitrogens with zero attached hydrogens (tertiary/aromatic N) is 1.